The summed E-state index contributed by atoms with van der Waals surface area (Å²) in [5, 5.41) is 0. The number of hydrogen-bond acceptors (Lipinski definition) is 2. The van der Waals surface area contributed by atoms with Crippen molar-refractivity contribution in [2.24, 2.45) is 5.73 Å². The molecule has 2 rings (SSSR count). The molecule has 5 heteroatoms. The van der Waals surface area contributed by atoms with Crippen LogP contribution >= 0.6 is 0 Å². The lowest BCUT2D eigenvalue weighted by Gasteiger charge is -2.15. The summed E-state index contributed by atoms with van der Waals surface area (Å²) in [5.74, 6) is 0.215. The van der Waals surface area contributed by atoms with Gasteiger partial charge in [0.05, 0.1) is 5.56 Å². The summed E-state index contributed by atoms with van der Waals surface area (Å²) < 4.78 is 44.2. The summed E-state index contributed by atoms with van der Waals surface area (Å²) in [7, 11) is 0. The normalized spacial score (nSPS) is 11.5. The third-order valence-corrected chi connectivity index (χ3v) is 3.08. The molecule has 0 aromatic heterocycles. The second-order valence-electron chi connectivity index (χ2n) is 4.73. The quantitative estimate of drug-likeness (QED) is 0.912. The predicted molar refractivity (Wildman–Crippen MR) is 75.5 cm³/mol. The highest BCUT2D eigenvalue weighted by Gasteiger charge is 2.34. The van der Waals surface area contributed by atoms with Crippen molar-refractivity contribution in [3.63, 3.8) is 0 Å². The molecule has 0 bridgehead atoms. The molecule has 0 saturated carbocycles. The van der Waals surface area contributed by atoms with Gasteiger partial charge in [0.25, 0.3) is 0 Å². The number of ether oxygens (including phenoxy) is 1. The highest BCUT2D eigenvalue weighted by atomic mass is 19.4. The molecule has 0 aliphatic carbocycles. The average Bonchev–Trinajstić information content (AvgIpc) is 2.42. The van der Waals surface area contributed by atoms with Crippen LogP contribution in [-0.2, 0) is 12.6 Å². The Hall–Kier alpha value is -2.01. The summed E-state index contributed by atoms with van der Waals surface area (Å²) in [5.41, 5.74) is 6.51. The third kappa shape index (κ3) is 3.76. The molecule has 0 fully saturated rings. The van der Waals surface area contributed by atoms with Gasteiger partial charge >= 0.3 is 6.18 Å². The number of halogens is 3. The van der Waals surface area contributed by atoms with Crippen molar-refractivity contribution in [1.29, 1.82) is 0 Å². The Labute approximate surface area is 121 Å². The first kappa shape index (κ1) is 15.4. The minimum atomic E-state index is -4.44. The van der Waals surface area contributed by atoms with Crippen molar-refractivity contribution in [3.8, 4) is 11.5 Å². The van der Waals surface area contributed by atoms with E-state index in [1.165, 1.54) is 18.2 Å². The molecule has 0 unspecified atom stereocenters. The highest BCUT2D eigenvalue weighted by Crippen LogP contribution is 2.38. The Bertz CT molecular complexity index is 623. The van der Waals surface area contributed by atoms with Gasteiger partial charge in [-0.1, -0.05) is 24.3 Å². The zero-order valence-electron chi connectivity index (χ0n) is 11.6. The van der Waals surface area contributed by atoms with Crippen LogP contribution in [0.4, 0.5) is 13.2 Å². The summed E-state index contributed by atoms with van der Waals surface area (Å²) >= 11 is 0. The van der Waals surface area contributed by atoms with E-state index in [1.807, 2.05) is 12.1 Å². The van der Waals surface area contributed by atoms with Gasteiger partial charge in [0, 0.05) is 0 Å². The molecule has 21 heavy (non-hydrogen) atoms. The van der Waals surface area contributed by atoms with Gasteiger partial charge in [-0.25, -0.2) is 0 Å². The lowest BCUT2D eigenvalue weighted by Crippen LogP contribution is -2.07. The van der Waals surface area contributed by atoms with Crippen LogP contribution in [0.5, 0.6) is 11.5 Å². The average molecular weight is 295 g/mol. The van der Waals surface area contributed by atoms with E-state index in [4.69, 9.17) is 10.5 Å². The van der Waals surface area contributed by atoms with Crippen LogP contribution in [0.3, 0.4) is 0 Å². The van der Waals surface area contributed by atoms with Gasteiger partial charge in [0.1, 0.15) is 11.5 Å². The summed E-state index contributed by atoms with van der Waals surface area (Å²) in [6.45, 7) is 2.32. The topological polar surface area (TPSA) is 35.2 Å². The van der Waals surface area contributed by atoms with Crippen LogP contribution in [0.15, 0.2) is 42.5 Å². The minimum Gasteiger partial charge on any atom is -0.456 e. The first-order valence-electron chi connectivity index (χ1n) is 6.55. The van der Waals surface area contributed by atoms with E-state index in [9.17, 15) is 13.2 Å². The molecule has 0 atom stereocenters. The van der Waals surface area contributed by atoms with Gasteiger partial charge in [-0.2, -0.15) is 13.2 Å². The molecule has 0 heterocycles. The van der Waals surface area contributed by atoms with Crippen LogP contribution in [0, 0.1) is 6.92 Å². The van der Waals surface area contributed by atoms with E-state index >= 15 is 0 Å². The van der Waals surface area contributed by atoms with Crippen molar-refractivity contribution < 1.29 is 17.9 Å². The van der Waals surface area contributed by atoms with Crippen molar-refractivity contribution in [2.45, 2.75) is 19.5 Å². The molecule has 2 N–H and O–H groups in total. The number of alkyl halides is 3. The molecule has 2 nitrogen and oxygen atoms in total. The third-order valence-electron chi connectivity index (χ3n) is 3.08. The predicted octanol–water partition coefficient (Wildman–Crippen LogP) is 4.31. The summed E-state index contributed by atoms with van der Waals surface area (Å²) in [6.07, 6.45) is -3.72. The van der Waals surface area contributed by atoms with E-state index in [2.05, 4.69) is 0 Å². The van der Waals surface area contributed by atoms with E-state index in [0.29, 0.717) is 12.3 Å². The number of benzene rings is 2. The van der Waals surface area contributed by atoms with Crippen molar-refractivity contribution in [1.82, 2.24) is 0 Å². The van der Waals surface area contributed by atoms with Crippen molar-refractivity contribution in [3.05, 3.63) is 59.2 Å². The molecule has 0 radical (unpaired) electrons. The molecule has 112 valence electrons. The maximum absolute atomic E-state index is 12.9. The van der Waals surface area contributed by atoms with Crippen LogP contribution in [-0.4, -0.2) is 6.54 Å². The molecule has 2 aromatic rings. The second-order valence-corrected chi connectivity index (χ2v) is 4.73. The Morgan fingerprint density at radius 1 is 1.05 bits per heavy atom. The zero-order valence-corrected chi connectivity index (χ0v) is 11.6. The monoisotopic (exact) mass is 295 g/mol. The highest BCUT2D eigenvalue weighted by molar-refractivity contribution is 5.43. The fraction of sp³-hybridized carbons (Fsp3) is 0.250. The van der Waals surface area contributed by atoms with Gasteiger partial charge in [-0.05, 0) is 49.2 Å². The maximum atomic E-state index is 12.9. The second kappa shape index (κ2) is 6.18. The maximum Gasteiger partial charge on any atom is 0.419 e. The summed E-state index contributed by atoms with van der Waals surface area (Å²) in [6, 6.07) is 10.5. The molecule has 0 spiro atoms. The van der Waals surface area contributed by atoms with Crippen molar-refractivity contribution in [2.75, 3.05) is 6.54 Å². The van der Waals surface area contributed by atoms with Gasteiger partial charge in [0.2, 0.25) is 0 Å². The van der Waals surface area contributed by atoms with Crippen LogP contribution in [0.1, 0.15) is 16.7 Å². The lowest BCUT2D eigenvalue weighted by atomic mass is 10.1. The Morgan fingerprint density at radius 2 is 1.76 bits per heavy atom. The number of nitrogens with two attached hydrogens (primary N) is 1. The number of para-hydroxylation sites is 1. The molecule has 0 amide bonds. The van der Waals surface area contributed by atoms with E-state index in [1.54, 1.807) is 13.0 Å². The molecular weight excluding hydrogens is 279 g/mol. The van der Waals surface area contributed by atoms with Crippen LogP contribution in [0.25, 0.3) is 0 Å². The number of hydrogen-bond donors (Lipinski definition) is 1. The SMILES string of the molecule is Cc1cc(CCN)ccc1Oc1ccccc1C(F)(F)F. The lowest BCUT2D eigenvalue weighted by molar-refractivity contribution is -0.138. The number of rotatable bonds is 4. The summed E-state index contributed by atoms with van der Waals surface area (Å²) in [4.78, 5) is 0. The fourth-order valence-corrected chi connectivity index (χ4v) is 2.06. The zero-order chi connectivity index (χ0) is 15.5. The van der Waals surface area contributed by atoms with Gasteiger partial charge in [-0.15, -0.1) is 0 Å². The number of aryl methyl sites for hydroxylation is 1. The first-order valence-corrected chi connectivity index (χ1v) is 6.55. The van der Waals surface area contributed by atoms with E-state index in [0.717, 1.165) is 23.6 Å². The van der Waals surface area contributed by atoms with Gasteiger partial charge < -0.3 is 10.5 Å². The molecular formula is C16H16F3NO. The Kier molecular flexibility index (Phi) is 4.53. The minimum absolute atomic E-state index is 0.195. The van der Waals surface area contributed by atoms with E-state index < -0.39 is 11.7 Å². The largest absolute Gasteiger partial charge is 0.456 e. The fourth-order valence-electron chi connectivity index (χ4n) is 2.06. The van der Waals surface area contributed by atoms with Crippen LogP contribution < -0.4 is 10.5 Å². The van der Waals surface area contributed by atoms with Gasteiger partial charge in [0.15, 0.2) is 0 Å². The Balaban J connectivity index is 2.31. The molecule has 0 saturated heterocycles. The van der Waals surface area contributed by atoms with Crippen molar-refractivity contribution >= 4 is 0 Å². The molecule has 0 aliphatic rings. The smallest absolute Gasteiger partial charge is 0.419 e. The molecule has 0 aliphatic heterocycles. The van der Waals surface area contributed by atoms with Gasteiger partial charge in [-0.3, -0.25) is 0 Å². The Morgan fingerprint density at radius 3 is 2.38 bits per heavy atom. The standard InChI is InChI=1S/C16H16F3NO/c1-11-10-12(8-9-20)6-7-14(11)21-15-5-3-2-4-13(15)16(17,18)19/h2-7,10H,8-9,20H2,1H3. The molecule has 2 aromatic carbocycles. The first-order chi connectivity index (χ1) is 9.91. The van der Waals surface area contributed by atoms with Crippen LogP contribution in [0.2, 0.25) is 0 Å². The van der Waals surface area contributed by atoms with E-state index in [-0.39, 0.29) is 5.75 Å².